The summed E-state index contributed by atoms with van der Waals surface area (Å²) in [5.74, 6) is 2.50. The van der Waals surface area contributed by atoms with Crippen LogP contribution in [0.15, 0.2) is 53.5 Å². The number of ether oxygens (including phenoxy) is 1. The van der Waals surface area contributed by atoms with Gasteiger partial charge in [0.25, 0.3) is 0 Å². The normalized spacial score (nSPS) is 14.0. The highest BCUT2D eigenvalue weighted by atomic mass is 16.5. The van der Waals surface area contributed by atoms with E-state index in [0.29, 0.717) is 6.54 Å². The van der Waals surface area contributed by atoms with E-state index < -0.39 is 0 Å². The van der Waals surface area contributed by atoms with E-state index in [-0.39, 0.29) is 0 Å². The molecule has 1 fully saturated rings. The van der Waals surface area contributed by atoms with E-state index in [1.165, 1.54) is 24.1 Å². The van der Waals surface area contributed by atoms with Gasteiger partial charge in [0.05, 0.1) is 6.61 Å². The van der Waals surface area contributed by atoms with Crippen molar-refractivity contribution in [2.75, 3.05) is 32.6 Å². The van der Waals surface area contributed by atoms with Gasteiger partial charge in [0.2, 0.25) is 0 Å². The Morgan fingerprint density at radius 3 is 2.41 bits per heavy atom. The molecule has 0 aliphatic heterocycles. The third-order valence-corrected chi connectivity index (χ3v) is 4.73. The zero-order valence-electron chi connectivity index (χ0n) is 16.5. The Kier molecular flexibility index (Phi) is 6.58. The standard InChI is InChI=1S/C22H30N4O/c1-23-22(24-14-17-10-12-20(13-11-17)26(2)3)25-15-19-6-4-5-7-21(19)27-16-18-8-9-18/h4-7,10-13,18H,8-9,14-16H2,1-3H3,(H2,23,24,25). The lowest BCUT2D eigenvalue weighted by Gasteiger charge is -2.16. The first-order chi connectivity index (χ1) is 13.2. The van der Waals surface area contributed by atoms with Crippen molar-refractivity contribution in [1.82, 2.24) is 10.6 Å². The molecule has 2 aromatic carbocycles. The third kappa shape index (κ3) is 5.91. The first kappa shape index (κ1) is 19.1. The van der Waals surface area contributed by atoms with E-state index in [0.717, 1.165) is 36.3 Å². The topological polar surface area (TPSA) is 48.9 Å². The van der Waals surface area contributed by atoms with Crippen LogP contribution in [0, 0.1) is 5.92 Å². The van der Waals surface area contributed by atoms with Gasteiger partial charge in [-0.05, 0) is 42.5 Å². The lowest BCUT2D eigenvalue weighted by molar-refractivity contribution is 0.296. The van der Waals surface area contributed by atoms with Crippen molar-refractivity contribution in [2.24, 2.45) is 10.9 Å². The van der Waals surface area contributed by atoms with E-state index in [4.69, 9.17) is 4.74 Å². The number of hydrogen-bond acceptors (Lipinski definition) is 3. The molecule has 1 aliphatic carbocycles. The highest BCUT2D eigenvalue weighted by Crippen LogP contribution is 2.30. The van der Waals surface area contributed by atoms with Crippen molar-refractivity contribution in [3.8, 4) is 5.75 Å². The molecular weight excluding hydrogens is 336 g/mol. The maximum atomic E-state index is 5.98. The molecule has 0 bridgehead atoms. The molecule has 0 aromatic heterocycles. The molecule has 5 heteroatoms. The molecule has 27 heavy (non-hydrogen) atoms. The minimum atomic E-state index is 0.681. The maximum Gasteiger partial charge on any atom is 0.191 e. The van der Waals surface area contributed by atoms with E-state index in [2.05, 4.69) is 50.9 Å². The summed E-state index contributed by atoms with van der Waals surface area (Å²) in [4.78, 5) is 6.42. The lowest BCUT2D eigenvalue weighted by Crippen LogP contribution is -2.36. The fraction of sp³-hybridized carbons (Fsp3) is 0.409. The predicted molar refractivity (Wildman–Crippen MR) is 112 cm³/mol. The van der Waals surface area contributed by atoms with Gasteiger partial charge in [0.15, 0.2) is 5.96 Å². The number of aliphatic imine (C=N–C) groups is 1. The molecule has 0 atom stereocenters. The van der Waals surface area contributed by atoms with Crippen LogP contribution in [-0.2, 0) is 13.1 Å². The number of rotatable bonds is 8. The molecule has 0 heterocycles. The Morgan fingerprint density at radius 2 is 1.74 bits per heavy atom. The second-order valence-corrected chi connectivity index (χ2v) is 7.20. The average molecular weight is 367 g/mol. The Hall–Kier alpha value is -2.69. The molecule has 1 saturated carbocycles. The SMILES string of the molecule is CN=C(NCc1ccc(N(C)C)cc1)NCc1ccccc1OCC1CC1. The predicted octanol–water partition coefficient (Wildman–Crippen LogP) is 3.41. The quantitative estimate of drug-likeness (QED) is 0.555. The van der Waals surface area contributed by atoms with Crippen LogP contribution < -0.4 is 20.3 Å². The summed E-state index contributed by atoms with van der Waals surface area (Å²) in [6, 6.07) is 16.7. The summed E-state index contributed by atoms with van der Waals surface area (Å²) < 4.78 is 5.98. The molecule has 0 spiro atoms. The van der Waals surface area contributed by atoms with Gasteiger partial charge in [0.1, 0.15) is 5.75 Å². The van der Waals surface area contributed by atoms with Crippen LogP contribution in [0.4, 0.5) is 5.69 Å². The Balaban J connectivity index is 1.50. The number of nitrogens with zero attached hydrogens (tertiary/aromatic N) is 2. The van der Waals surface area contributed by atoms with Gasteiger partial charge >= 0.3 is 0 Å². The zero-order chi connectivity index (χ0) is 19.1. The molecule has 1 aliphatic rings. The lowest BCUT2D eigenvalue weighted by atomic mass is 10.2. The number of guanidine groups is 1. The minimum absolute atomic E-state index is 0.681. The highest BCUT2D eigenvalue weighted by Gasteiger charge is 2.22. The molecule has 2 aromatic rings. The second-order valence-electron chi connectivity index (χ2n) is 7.20. The first-order valence-corrected chi connectivity index (χ1v) is 9.57. The van der Waals surface area contributed by atoms with E-state index >= 15 is 0 Å². The number of anilines is 1. The summed E-state index contributed by atoms with van der Waals surface area (Å²) in [7, 11) is 5.89. The summed E-state index contributed by atoms with van der Waals surface area (Å²) >= 11 is 0. The van der Waals surface area contributed by atoms with Crippen LogP contribution >= 0.6 is 0 Å². The highest BCUT2D eigenvalue weighted by molar-refractivity contribution is 5.79. The minimum Gasteiger partial charge on any atom is -0.493 e. The summed E-state index contributed by atoms with van der Waals surface area (Å²) in [5, 5.41) is 6.75. The number of nitrogens with one attached hydrogen (secondary N) is 2. The number of para-hydroxylation sites is 1. The third-order valence-electron chi connectivity index (χ3n) is 4.73. The molecule has 2 N–H and O–H groups in total. The van der Waals surface area contributed by atoms with Gasteiger partial charge in [-0.15, -0.1) is 0 Å². The monoisotopic (exact) mass is 366 g/mol. The van der Waals surface area contributed by atoms with Crippen molar-refractivity contribution in [3.63, 3.8) is 0 Å². The van der Waals surface area contributed by atoms with Crippen LogP contribution in [0.3, 0.4) is 0 Å². The van der Waals surface area contributed by atoms with Gasteiger partial charge < -0.3 is 20.3 Å². The molecule has 0 amide bonds. The molecule has 0 unspecified atom stereocenters. The van der Waals surface area contributed by atoms with E-state index in [9.17, 15) is 0 Å². The Labute approximate surface area is 162 Å². The summed E-state index contributed by atoms with van der Waals surface area (Å²) in [6.07, 6.45) is 2.60. The van der Waals surface area contributed by atoms with Crippen molar-refractivity contribution < 1.29 is 4.74 Å². The molecule has 5 nitrogen and oxygen atoms in total. The van der Waals surface area contributed by atoms with Crippen LogP contribution in [0.5, 0.6) is 5.75 Å². The fourth-order valence-corrected chi connectivity index (χ4v) is 2.78. The van der Waals surface area contributed by atoms with Crippen molar-refractivity contribution >= 4 is 11.6 Å². The van der Waals surface area contributed by atoms with Gasteiger partial charge in [-0.2, -0.15) is 0 Å². The fourth-order valence-electron chi connectivity index (χ4n) is 2.78. The smallest absolute Gasteiger partial charge is 0.191 e. The van der Waals surface area contributed by atoms with Crippen molar-refractivity contribution in [2.45, 2.75) is 25.9 Å². The largest absolute Gasteiger partial charge is 0.493 e. The van der Waals surface area contributed by atoms with E-state index in [1.54, 1.807) is 7.05 Å². The zero-order valence-corrected chi connectivity index (χ0v) is 16.5. The average Bonchev–Trinajstić information content (AvgIpc) is 3.52. The van der Waals surface area contributed by atoms with Gasteiger partial charge in [-0.1, -0.05) is 30.3 Å². The van der Waals surface area contributed by atoms with Crippen LogP contribution in [0.25, 0.3) is 0 Å². The van der Waals surface area contributed by atoms with Gasteiger partial charge in [-0.3, -0.25) is 4.99 Å². The van der Waals surface area contributed by atoms with Crippen LogP contribution in [0.1, 0.15) is 24.0 Å². The molecular formula is C22H30N4O. The van der Waals surface area contributed by atoms with Gasteiger partial charge in [0, 0.05) is 45.5 Å². The first-order valence-electron chi connectivity index (χ1n) is 9.57. The number of benzene rings is 2. The second kappa shape index (κ2) is 9.31. The van der Waals surface area contributed by atoms with Crippen LogP contribution in [-0.4, -0.2) is 33.7 Å². The molecule has 0 saturated heterocycles. The van der Waals surface area contributed by atoms with Gasteiger partial charge in [-0.25, -0.2) is 0 Å². The van der Waals surface area contributed by atoms with Crippen molar-refractivity contribution in [3.05, 3.63) is 59.7 Å². The van der Waals surface area contributed by atoms with Crippen LogP contribution in [0.2, 0.25) is 0 Å². The Bertz CT molecular complexity index is 751. The molecule has 0 radical (unpaired) electrons. The molecule has 144 valence electrons. The summed E-state index contributed by atoms with van der Waals surface area (Å²) in [6.45, 7) is 2.24. The summed E-state index contributed by atoms with van der Waals surface area (Å²) in [5.41, 5.74) is 3.57. The van der Waals surface area contributed by atoms with Crippen molar-refractivity contribution in [1.29, 1.82) is 0 Å². The number of hydrogen-bond donors (Lipinski definition) is 2. The maximum absolute atomic E-state index is 5.98. The Morgan fingerprint density at radius 1 is 1.04 bits per heavy atom. The molecule has 3 rings (SSSR count). The van der Waals surface area contributed by atoms with E-state index in [1.807, 2.05) is 32.3 Å².